The Bertz CT molecular complexity index is 1570. The number of anilines is 2. The van der Waals surface area contributed by atoms with Crippen LogP contribution in [0, 0.1) is 23.1 Å². The van der Waals surface area contributed by atoms with E-state index in [0.717, 1.165) is 29.5 Å². The molecular weight excluding hydrogens is 557 g/mol. The number of carbonyl (C=O) groups excluding carboxylic acids is 2. The van der Waals surface area contributed by atoms with Crippen LogP contribution in [0.25, 0.3) is 0 Å². The smallest absolute Gasteiger partial charge is 0.322 e. The highest BCUT2D eigenvalue weighted by molar-refractivity contribution is 6.30. The Balaban J connectivity index is 1.26. The standard InChI is InChI=1S/C32H31ClFN5O3/c33-22-7-9-23(10-8-22)37-31(42)39-18-24(40)15-29(39)30(41)38-28-14-21(6-11-27(28)34)32(13-12-19-4-5-19)26-3-1-2-20(16-35)25(26)17-36-32/h1-3,6-11,14,19,24,29,36,40H,4-5,12-13,15,17-18H2,(H,37,42)(H,38,41)/t24-,29-,32?/m0/s1. The number of benzene rings is 3. The van der Waals surface area contributed by atoms with Crippen LogP contribution < -0.4 is 16.0 Å². The van der Waals surface area contributed by atoms with Gasteiger partial charge in [0.05, 0.1) is 29.0 Å². The number of fused-ring (bicyclic) bond motifs is 1. The molecule has 3 atom stereocenters. The SMILES string of the molecule is N#Cc1cccc2c1CNC2(CCC1CC1)c1ccc(F)c(NC(=O)[C@@H]2C[C@H](O)CN2C(=O)Nc2ccc(Cl)cc2)c1. The van der Waals surface area contributed by atoms with E-state index in [0.29, 0.717) is 28.7 Å². The number of urea groups is 1. The molecule has 0 aromatic heterocycles. The third kappa shape index (κ3) is 5.45. The Kier molecular flexibility index (Phi) is 7.62. The van der Waals surface area contributed by atoms with Crippen molar-refractivity contribution in [1.29, 1.82) is 5.26 Å². The molecule has 216 valence electrons. The van der Waals surface area contributed by atoms with E-state index in [-0.39, 0.29) is 18.7 Å². The number of hydrogen-bond acceptors (Lipinski definition) is 5. The summed E-state index contributed by atoms with van der Waals surface area (Å²) in [5, 5.41) is 29.6. The van der Waals surface area contributed by atoms with Crippen LogP contribution in [0.4, 0.5) is 20.6 Å². The van der Waals surface area contributed by atoms with E-state index in [1.54, 1.807) is 42.5 Å². The predicted octanol–water partition coefficient (Wildman–Crippen LogP) is 5.49. The van der Waals surface area contributed by atoms with Gasteiger partial charge in [-0.15, -0.1) is 0 Å². The van der Waals surface area contributed by atoms with Gasteiger partial charge in [-0.2, -0.15) is 5.26 Å². The van der Waals surface area contributed by atoms with E-state index in [9.17, 15) is 20.0 Å². The normalized spacial score (nSPS) is 22.9. The first-order chi connectivity index (χ1) is 20.3. The number of hydrogen-bond donors (Lipinski definition) is 4. The molecule has 8 nitrogen and oxygen atoms in total. The van der Waals surface area contributed by atoms with Gasteiger partial charge in [-0.25, -0.2) is 9.18 Å². The molecule has 3 aromatic carbocycles. The van der Waals surface area contributed by atoms with Crippen molar-refractivity contribution >= 4 is 34.9 Å². The zero-order chi connectivity index (χ0) is 29.4. The monoisotopic (exact) mass is 587 g/mol. The van der Waals surface area contributed by atoms with Gasteiger partial charge in [0.1, 0.15) is 11.9 Å². The Morgan fingerprint density at radius 1 is 1.14 bits per heavy atom. The molecule has 3 aromatic rings. The molecule has 0 bridgehead atoms. The number of likely N-dealkylation sites (tertiary alicyclic amines) is 1. The zero-order valence-electron chi connectivity index (χ0n) is 22.9. The van der Waals surface area contributed by atoms with E-state index in [1.807, 2.05) is 12.1 Å². The minimum atomic E-state index is -0.997. The molecule has 3 amide bonds. The molecule has 1 unspecified atom stereocenters. The molecule has 1 aliphatic carbocycles. The average Bonchev–Trinajstić information content (AvgIpc) is 3.62. The summed E-state index contributed by atoms with van der Waals surface area (Å²) in [6.07, 6.45) is 3.28. The Hall–Kier alpha value is -3.97. The van der Waals surface area contributed by atoms with Crippen molar-refractivity contribution in [2.45, 2.75) is 56.3 Å². The molecule has 2 aliphatic heterocycles. The van der Waals surface area contributed by atoms with Crippen LogP contribution in [0.2, 0.25) is 5.02 Å². The third-order valence-electron chi connectivity index (χ3n) is 8.60. The highest BCUT2D eigenvalue weighted by Gasteiger charge is 2.43. The van der Waals surface area contributed by atoms with E-state index in [1.165, 1.54) is 23.8 Å². The highest BCUT2D eigenvalue weighted by Crippen LogP contribution is 2.46. The van der Waals surface area contributed by atoms with Crippen LogP contribution >= 0.6 is 11.6 Å². The van der Waals surface area contributed by atoms with Crippen molar-refractivity contribution in [3.05, 3.63) is 93.8 Å². The molecule has 2 fully saturated rings. The van der Waals surface area contributed by atoms with Crippen molar-refractivity contribution in [2.75, 3.05) is 17.2 Å². The van der Waals surface area contributed by atoms with Gasteiger partial charge in [0, 0.05) is 30.2 Å². The predicted molar refractivity (Wildman–Crippen MR) is 157 cm³/mol. The number of nitriles is 1. The lowest BCUT2D eigenvalue weighted by molar-refractivity contribution is -0.119. The molecule has 10 heteroatoms. The quantitative estimate of drug-likeness (QED) is 0.291. The number of nitrogens with one attached hydrogen (secondary N) is 3. The summed E-state index contributed by atoms with van der Waals surface area (Å²) < 4.78 is 15.2. The summed E-state index contributed by atoms with van der Waals surface area (Å²) in [5.74, 6) is -0.540. The summed E-state index contributed by atoms with van der Waals surface area (Å²) >= 11 is 5.93. The van der Waals surface area contributed by atoms with Crippen LogP contribution in [0.1, 0.15) is 54.4 Å². The maximum absolute atomic E-state index is 15.2. The molecule has 1 saturated heterocycles. The Morgan fingerprint density at radius 3 is 2.67 bits per heavy atom. The second kappa shape index (κ2) is 11.4. The van der Waals surface area contributed by atoms with Gasteiger partial charge in [0.2, 0.25) is 5.91 Å². The molecule has 0 spiro atoms. The maximum Gasteiger partial charge on any atom is 0.322 e. The van der Waals surface area contributed by atoms with Gasteiger partial charge in [-0.1, -0.05) is 42.6 Å². The summed E-state index contributed by atoms with van der Waals surface area (Å²) in [7, 11) is 0. The first-order valence-electron chi connectivity index (χ1n) is 14.2. The average molecular weight is 588 g/mol. The molecule has 6 rings (SSSR count). The van der Waals surface area contributed by atoms with E-state index >= 15 is 4.39 Å². The van der Waals surface area contributed by atoms with Gasteiger partial charge < -0.3 is 20.6 Å². The minimum Gasteiger partial charge on any atom is -0.391 e. The number of halogens is 2. The largest absolute Gasteiger partial charge is 0.391 e. The molecule has 0 radical (unpaired) electrons. The van der Waals surface area contributed by atoms with Gasteiger partial charge in [0.25, 0.3) is 0 Å². The lowest BCUT2D eigenvalue weighted by Gasteiger charge is -2.33. The van der Waals surface area contributed by atoms with Crippen molar-refractivity contribution in [3.8, 4) is 6.07 Å². The third-order valence-corrected chi connectivity index (χ3v) is 8.85. The first kappa shape index (κ1) is 28.2. The fourth-order valence-electron chi connectivity index (χ4n) is 6.19. The van der Waals surface area contributed by atoms with Crippen molar-refractivity contribution in [1.82, 2.24) is 10.2 Å². The number of amides is 3. The van der Waals surface area contributed by atoms with Crippen molar-refractivity contribution in [2.24, 2.45) is 5.92 Å². The topological polar surface area (TPSA) is 117 Å². The number of aliphatic hydroxyl groups excluding tert-OH is 1. The summed E-state index contributed by atoms with van der Waals surface area (Å²) in [5.41, 5.74) is 3.19. The molecule has 2 heterocycles. The van der Waals surface area contributed by atoms with Crippen LogP contribution in [-0.4, -0.2) is 40.6 Å². The van der Waals surface area contributed by atoms with Crippen LogP contribution in [0.15, 0.2) is 60.7 Å². The van der Waals surface area contributed by atoms with Crippen molar-refractivity contribution < 1.29 is 19.1 Å². The van der Waals surface area contributed by atoms with E-state index < -0.39 is 35.4 Å². The number of β-amino-alcohol motifs (C(OH)–C–C–N with tert-alkyl or cyclic N) is 1. The van der Waals surface area contributed by atoms with E-state index in [4.69, 9.17) is 11.6 Å². The minimum absolute atomic E-state index is 0.00515. The molecule has 3 aliphatic rings. The summed E-state index contributed by atoms with van der Waals surface area (Å²) in [6, 6.07) is 17.7. The summed E-state index contributed by atoms with van der Waals surface area (Å²) in [6.45, 7) is 0.479. The molecular formula is C32H31ClFN5O3. The Morgan fingerprint density at radius 2 is 1.93 bits per heavy atom. The van der Waals surface area contributed by atoms with Gasteiger partial charge in [-0.3, -0.25) is 10.1 Å². The van der Waals surface area contributed by atoms with Gasteiger partial charge in [0.15, 0.2) is 0 Å². The second-order valence-electron chi connectivity index (χ2n) is 11.4. The Labute approximate surface area is 248 Å². The van der Waals surface area contributed by atoms with Gasteiger partial charge >= 0.3 is 6.03 Å². The van der Waals surface area contributed by atoms with Gasteiger partial charge in [-0.05, 0) is 77.9 Å². The first-order valence-corrected chi connectivity index (χ1v) is 14.5. The zero-order valence-corrected chi connectivity index (χ0v) is 23.6. The lowest BCUT2D eigenvalue weighted by Crippen LogP contribution is -2.45. The lowest BCUT2D eigenvalue weighted by atomic mass is 9.78. The number of nitrogens with zero attached hydrogens (tertiary/aromatic N) is 2. The number of aliphatic hydroxyl groups is 1. The van der Waals surface area contributed by atoms with E-state index in [2.05, 4.69) is 22.0 Å². The fourth-order valence-corrected chi connectivity index (χ4v) is 6.31. The maximum atomic E-state index is 15.2. The van der Waals surface area contributed by atoms with Crippen LogP contribution in [-0.2, 0) is 16.9 Å². The summed E-state index contributed by atoms with van der Waals surface area (Å²) in [4.78, 5) is 27.8. The highest BCUT2D eigenvalue weighted by atomic mass is 35.5. The molecule has 1 saturated carbocycles. The second-order valence-corrected chi connectivity index (χ2v) is 11.8. The molecule has 4 N–H and O–H groups in total. The number of carbonyl (C=O) groups is 2. The molecule has 42 heavy (non-hydrogen) atoms. The number of rotatable bonds is 7. The van der Waals surface area contributed by atoms with Crippen LogP contribution in [0.3, 0.4) is 0 Å². The van der Waals surface area contributed by atoms with Crippen LogP contribution in [0.5, 0.6) is 0 Å². The van der Waals surface area contributed by atoms with Crippen molar-refractivity contribution in [3.63, 3.8) is 0 Å². The fraction of sp³-hybridized carbons (Fsp3) is 0.344.